The largest absolute Gasteiger partial charge is 0.494 e. The number of amides is 2. The molecule has 3 atom stereocenters. The Bertz CT molecular complexity index is 1120. The van der Waals surface area contributed by atoms with Gasteiger partial charge in [0, 0.05) is 12.0 Å². The highest BCUT2D eigenvalue weighted by molar-refractivity contribution is 8.45. The van der Waals surface area contributed by atoms with Gasteiger partial charge in [0.25, 0.3) is 0 Å². The first-order chi connectivity index (χ1) is 15.3. The summed E-state index contributed by atoms with van der Waals surface area (Å²) in [6, 6.07) is 3.25. The Morgan fingerprint density at radius 1 is 1.15 bits per heavy atom. The molecule has 4 N–H and O–H groups in total. The molecule has 0 radical (unpaired) electrons. The highest BCUT2D eigenvalue weighted by Gasteiger charge is 2.66. The van der Waals surface area contributed by atoms with Crippen LogP contribution in [0.1, 0.15) is 28.8 Å². The molecule has 0 aromatic heterocycles. The quantitative estimate of drug-likeness (QED) is 0.378. The summed E-state index contributed by atoms with van der Waals surface area (Å²) in [6.45, 7) is 0. The Kier molecular flexibility index (Phi) is 5.78. The third kappa shape index (κ3) is 5.31. The second-order valence-corrected chi connectivity index (χ2v) is 9.96. The molecule has 6 nitrogen and oxygen atoms in total. The van der Waals surface area contributed by atoms with Gasteiger partial charge in [-0.3, -0.25) is 0 Å². The second-order valence-electron chi connectivity index (χ2n) is 7.55. The van der Waals surface area contributed by atoms with Crippen molar-refractivity contribution >= 4 is 21.9 Å². The molecule has 0 unspecified atom stereocenters. The third-order valence-electron chi connectivity index (χ3n) is 5.08. The summed E-state index contributed by atoms with van der Waals surface area (Å²) in [4.78, 5) is 9.68. The lowest BCUT2D eigenvalue weighted by atomic mass is 10.1. The lowest BCUT2D eigenvalue weighted by Gasteiger charge is -2.41. The first kappa shape index (κ1) is 25.8. The van der Waals surface area contributed by atoms with Crippen molar-refractivity contribution in [3.8, 4) is 5.75 Å². The fraction of sp³-hybridized carbons (Fsp3) is 0.316. The molecule has 1 aliphatic rings. The van der Waals surface area contributed by atoms with E-state index in [1.807, 2.05) is 0 Å². The van der Waals surface area contributed by atoms with Gasteiger partial charge in [-0.2, -0.15) is 13.2 Å². The Morgan fingerprint density at radius 2 is 1.76 bits per heavy atom. The Labute approximate surface area is 187 Å². The Hall–Kier alpha value is -2.78. The van der Waals surface area contributed by atoms with E-state index >= 15 is 0 Å². The number of benzene rings is 2. The van der Waals surface area contributed by atoms with Crippen molar-refractivity contribution < 1.29 is 52.3 Å². The number of urea groups is 1. The molecule has 0 fully saturated rings. The first-order valence-corrected chi connectivity index (χ1v) is 11.3. The number of anilines is 1. The molecule has 1 aliphatic carbocycles. The van der Waals surface area contributed by atoms with Crippen molar-refractivity contribution in [1.29, 1.82) is 0 Å². The Balaban J connectivity index is 2.04. The van der Waals surface area contributed by atoms with Crippen LogP contribution in [0.5, 0.6) is 5.75 Å². The van der Waals surface area contributed by atoms with E-state index in [0.29, 0.717) is 18.2 Å². The summed E-state index contributed by atoms with van der Waals surface area (Å²) >= 11 is 0. The normalized spacial score (nSPS) is 21.1. The maximum absolute atomic E-state index is 13.4. The number of alkyl halides is 3. The number of aliphatic hydroxyl groups is 2. The molecule has 34 heavy (non-hydrogen) atoms. The molecule has 2 aromatic rings. The summed E-state index contributed by atoms with van der Waals surface area (Å²) in [5.41, 5.74) is -1.74. The predicted octanol–water partition coefficient (Wildman–Crippen LogP) is 5.73. The minimum atomic E-state index is -10.6. The van der Waals surface area contributed by atoms with Gasteiger partial charge < -0.3 is 25.6 Å². The van der Waals surface area contributed by atoms with Crippen molar-refractivity contribution in [2.45, 2.75) is 35.7 Å². The highest BCUT2D eigenvalue weighted by Crippen LogP contribution is 3.02. The van der Waals surface area contributed by atoms with Crippen LogP contribution in [0.3, 0.4) is 0 Å². The number of hydrogen-bond acceptors (Lipinski definition) is 4. The Morgan fingerprint density at radius 3 is 2.32 bits per heavy atom. The number of methoxy groups -OCH3 is 1. The summed E-state index contributed by atoms with van der Waals surface area (Å²) in [5, 5.41) is 23.7. The van der Waals surface area contributed by atoms with Gasteiger partial charge >= 0.3 is 22.4 Å². The molecule has 0 heterocycles. The minimum Gasteiger partial charge on any atom is -0.494 e. The van der Waals surface area contributed by atoms with Gasteiger partial charge in [0.2, 0.25) is 0 Å². The number of carbonyl (C=O) groups is 1. The van der Waals surface area contributed by atoms with E-state index in [1.165, 1.54) is 0 Å². The summed E-state index contributed by atoms with van der Waals surface area (Å²) < 4.78 is 111. The fourth-order valence-electron chi connectivity index (χ4n) is 3.59. The van der Waals surface area contributed by atoms with Gasteiger partial charge in [0.15, 0.2) is 6.10 Å². The van der Waals surface area contributed by atoms with Crippen LogP contribution < -0.4 is 15.4 Å². The van der Waals surface area contributed by atoms with Crippen LogP contribution in [0.4, 0.5) is 43.1 Å². The maximum Gasteiger partial charge on any atom is 0.418 e. The van der Waals surface area contributed by atoms with Crippen molar-refractivity contribution in [1.82, 2.24) is 5.32 Å². The zero-order valence-corrected chi connectivity index (χ0v) is 17.9. The average molecular weight is 522 g/mol. The zero-order valence-electron chi connectivity index (χ0n) is 17.0. The smallest absolute Gasteiger partial charge is 0.418 e. The van der Waals surface area contributed by atoms with E-state index in [4.69, 9.17) is 0 Å². The second kappa shape index (κ2) is 7.61. The lowest BCUT2D eigenvalue weighted by molar-refractivity contribution is -0.207. The average Bonchev–Trinajstić information content (AvgIpc) is 2.99. The molecular weight excluding hydrogens is 504 g/mol. The summed E-state index contributed by atoms with van der Waals surface area (Å²) in [7, 11) is -9.85. The molecule has 0 spiro atoms. The topological polar surface area (TPSA) is 90.8 Å². The standard InChI is InChI=1S/C19H18F8N2O4S/c1-33-16-12(17(31)19(20,21)22)7-10(34(23,24,25,26)27)8-13(16)28-18(32)29-15-11-5-3-2-4-9(11)6-14(15)30/h2-5,7-8,14-15,17,30-31H,6H2,1H3,(H2,28,29,32)/t14-,15+,17+/m0/s1. The molecule has 0 aliphatic heterocycles. The van der Waals surface area contributed by atoms with Crippen molar-refractivity contribution in [2.75, 3.05) is 12.4 Å². The van der Waals surface area contributed by atoms with Crippen LogP contribution in [-0.4, -0.2) is 35.6 Å². The number of nitrogens with one attached hydrogen (secondary N) is 2. The molecule has 0 saturated heterocycles. The number of aliphatic hydroxyl groups excluding tert-OH is 2. The SMILES string of the molecule is COc1c(NC(=O)N[C@@H]2c3ccccc3C[C@@H]2O)cc(S(F)(F)(F)(F)F)cc1[C@@H](O)C(F)(F)F. The van der Waals surface area contributed by atoms with E-state index in [9.17, 15) is 47.6 Å². The molecule has 3 rings (SSSR count). The fourth-order valence-corrected chi connectivity index (χ4v) is 4.28. The van der Waals surface area contributed by atoms with Crippen molar-refractivity contribution in [2.24, 2.45) is 0 Å². The molecule has 15 heteroatoms. The van der Waals surface area contributed by atoms with Crippen LogP contribution in [0.15, 0.2) is 41.3 Å². The monoisotopic (exact) mass is 522 g/mol. The molecule has 0 saturated carbocycles. The van der Waals surface area contributed by atoms with Gasteiger partial charge in [-0.05, 0) is 23.3 Å². The van der Waals surface area contributed by atoms with Gasteiger partial charge in [-0.25, -0.2) is 4.79 Å². The zero-order chi connectivity index (χ0) is 25.8. The van der Waals surface area contributed by atoms with E-state index < -0.39 is 68.6 Å². The van der Waals surface area contributed by atoms with Crippen molar-refractivity contribution in [3.05, 3.63) is 53.1 Å². The first-order valence-electron chi connectivity index (χ1n) is 9.36. The third-order valence-corrected chi connectivity index (χ3v) is 6.21. The number of carbonyl (C=O) groups excluding carboxylic acids is 1. The van der Waals surface area contributed by atoms with E-state index in [1.54, 1.807) is 29.6 Å². The molecule has 2 amide bonds. The van der Waals surface area contributed by atoms with Gasteiger partial charge in [0.1, 0.15) is 10.6 Å². The maximum atomic E-state index is 13.4. The van der Waals surface area contributed by atoms with Crippen LogP contribution in [0.25, 0.3) is 0 Å². The van der Waals surface area contributed by atoms with Gasteiger partial charge in [0.05, 0.1) is 24.9 Å². The van der Waals surface area contributed by atoms with E-state index in [-0.39, 0.29) is 12.5 Å². The number of rotatable bonds is 5. The number of ether oxygens (including phenoxy) is 1. The van der Waals surface area contributed by atoms with Crippen LogP contribution in [0, 0.1) is 0 Å². The minimum absolute atomic E-state index is 0.131. The number of hydrogen-bond donors (Lipinski definition) is 4. The van der Waals surface area contributed by atoms with Crippen LogP contribution in [0.2, 0.25) is 0 Å². The molecule has 190 valence electrons. The highest BCUT2D eigenvalue weighted by atomic mass is 32.5. The molecule has 0 bridgehead atoms. The van der Waals surface area contributed by atoms with E-state index in [0.717, 1.165) is 0 Å². The van der Waals surface area contributed by atoms with Crippen LogP contribution in [-0.2, 0) is 6.42 Å². The van der Waals surface area contributed by atoms with Gasteiger partial charge in [-0.1, -0.05) is 43.7 Å². The van der Waals surface area contributed by atoms with Crippen LogP contribution >= 0.6 is 10.2 Å². The molecular formula is C19H18F8N2O4S. The lowest BCUT2D eigenvalue weighted by Crippen LogP contribution is -2.37. The van der Waals surface area contributed by atoms with E-state index in [2.05, 4.69) is 10.1 Å². The predicted molar refractivity (Wildman–Crippen MR) is 106 cm³/mol. The number of fused-ring (bicyclic) bond motifs is 1. The summed E-state index contributed by atoms with van der Waals surface area (Å²) in [6.07, 6.45) is -10.2. The molecule has 2 aromatic carbocycles. The van der Waals surface area contributed by atoms with Gasteiger partial charge in [-0.15, -0.1) is 0 Å². The van der Waals surface area contributed by atoms with Crippen molar-refractivity contribution in [3.63, 3.8) is 0 Å². The number of halogens is 8. The summed E-state index contributed by atoms with van der Waals surface area (Å²) in [5.74, 6) is -1.11.